The van der Waals surface area contributed by atoms with E-state index in [9.17, 15) is 19.7 Å². The molecule has 3 aromatic carbocycles. The SMILES string of the molecule is CCOC(=O)C1=C(c2ccccc2)N=c2s/c(=C\c3ccc(-c4ccc([N+](=O)[O-])cc4OC)o3)c(=O)n2[C@@H]1c1ccc(OC)c(OC)c1. The Kier molecular flexibility index (Phi) is 8.95. The number of aromatic nitrogens is 1. The van der Waals surface area contributed by atoms with Crippen LogP contribution in [0.3, 0.4) is 0 Å². The van der Waals surface area contributed by atoms with E-state index in [1.807, 2.05) is 30.3 Å². The second kappa shape index (κ2) is 13.4. The first-order valence-corrected chi connectivity index (χ1v) is 15.5. The van der Waals surface area contributed by atoms with Crippen LogP contribution < -0.4 is 29.1 Å². The lowest BCUT2D eigenvalue weighted by Gasteiger charge is -2.26. The molecule has 3 heterocycles. The summed E-state index contributed by atoms with van der Waals surface area (Å²) in [6.45, 7) is 1.83. The van der Waals surface area contributed by atoms with E-state index in [0.717, 1.165) is 11.3 Å². The maximum Gasteiger partial charge on any atom is 0.338 e. The van der Waals surface area contributed by atoms with Gasteiger partial charge in [-0.05, 0) is 42.8 Å². The van der Waals surface area contributed by atoms with Crippen LogP contribution in [0.15, 0.2) is 98.6 Å². The van der Waals surface area contributed by atoms with Crippen molar-refractivity contribution < 1.29 is 33.1 Å². The minimum atomic E-state index is -0.922. The van der Waals surface area contributed by atoms with Gasteiger partial charge >= 0.3 is 5.97 Å². The van der Waals surface area contributed by atoms with Crippen molar-refractivity contribution in [1.82, 2.24) is 4.57 Å². The Morgan fingerprint density at radius 2 is 1.73 bits per heavy atom. The number of furan rings is 1. The number of rotatable bonds is 10. The predicted octanol–water partition coefficient (Wildman–Crippen LogP) is 5.13. The highest BCUT2D eigenvalue weighted by Crippen LogP contribution is 2.39. The summed E-state index contributed by atoms with van der Waals surface area (Å²) in [4.78, 5) is 43.9. The number of non-ortho nitro benzene ring substituents is 1. The third kappa shape index (κ3) is 5.86. The Morgan fingerprint density at radius 3 is 2.42 bits per heavy atom. The molecule has 13 heteroatoms. The number of nitrogens with zero attached hydrogens (tertiary/aromatic N) is 3. The van der Waals surface area contributed by atoms with Crippen molar-refractivity contribution in [3.05, 3.63) is 131 Å². The van der Waals surface area contributed by atoms with Crippen LogP contribution in [0.4, 0.5) is 5.69 Å². The Balaban J connectivity index is 1.55. The third-order valence-electron chi connectivity index (χ3n) is 7.66. The van der Waals surface area contributed by atoms with Gasteiger partial charge in [-0.2, -0.15) is 0 Å². The molecule has 0 saturated heterocycles. The molecule has 48 heavy (non-hydrogen) atoms. The summed E-state index contributed by atoms with van der Waals surface area (Å²) < 4.78 is 29.8. The van der Waals surface area contributed by atoms with Crippen LogP contribution in [0.1, 0.15) is 29.9 Å². The second-order valence-corrected chi connectivity index (χ2v) is 11.4. The number of fused-ring (bicyclic) bond motifs is 1. The van der Waals surface area contributed by atoms with Crippen LogP contribution in [0.25, 0.3) is 23.1 Å². The number of methoxy groups -OCH3 is 3. The molecule has 1 atom stereocenters. The highest BCUT2D eigenvalue weighted by atomic mass is 32.1. The van der Waals surface area contributed by atoms with E-state index in [-0.39, 0.29) is 23.6 Å². The minimum absolute atomic E-state index is 0.119. The molecule has 0 N–H and O–H groups in total. The van der Waals surface area contributed by atoms with Gasteiger partial charge in [0.1, 0.15) is 17.3 Å². The van der Waals surface area contributed by atoms with E-state index in [4.69, 9.17) is 28.4 Å². The normalized spacial score (nSPS) is 14.2. The van der Waals surface area contributed by atoms with Crippen molar-refractivity contribution in [2.75, 3.05) is 27.9 Å². The van der Waals surface area contributed by atoms with Gasteiger partial charge in [0.2, 0.25) is 0 Å². The summed E-state index contributed by atoms with van der Waals surface area (Å²) >= 11 is 1.14. The van der Waals surface area contributed by atoms with E-state index >= 15 is 0 Å². The van der Waals surface area contributed by atoms with Crippen LogP contribution in [0, 0.1) is 10.1 Å². The standard InChI is InChI=1S/C35H29N3O9S/c1-5-46-34(40)30-31(20-9-7-6-8-10-20)36-35-37(32(30)21-11-15-26(43-2)28(17-21)45-4)33(39)29(48-35)19-23-13-16-25(47-23)24-14-12-22(38(41)42)18-27(24)44-3/h6-19,32H,5H2,1-4H3/b29-19-/t32-/m1/s1. The Hall–Kier alpha value is -5.95. The minimum Gasteiger partial charge on any atom is -0.496 e. The molecule has 2 aromatic heterocycles. The smallest absolute Gasteiger partial charge is 0.338 e. The molecule has 12 nitrogen and oxygen atoms in total. The van der Waals surface area contributed by atoms with Crippen molar-refractivity contribution in [2.45, 2.75) is 13.0 Å². The van der Waals surface area contributed by atoms with E-state index < -0.39 is 22.5 Å². The van der Waals surface area contributed by atoms with Gasteiger partial charge in [-0.1, -0.05) is 47.7 Å². The average Bonchev–Trinajstić information content (AvgIpc) is 3.70. The molecule has 1 aliphatic heterocycles. The zero-order valence-corrected chi connectivity index (χ0v) is 27.1. The molecule has 0 saturated carbocycles. The third-order valence-corrected chi connectivity index (χ3v) is 8.64. The van der Waals surface area contributed by atoms with Crippen LogP contribution in [0.2, 0.25) is 0 Å². The van der Waals surface area contributed by atoms with Crippen LogP contribution >= 0.6 is 11.3 Å². The molecule has 0 fully saturated rings. The molecule has 0 unspecified atom stereocenters. The lowest BCUT2D eigenvalue weighted by Crippen LogP contribution is -2.40. The molecular formula is C35H29N3O9S. The van der Waals surface area contributed by atoms with Gasteiger partial charge in [0, 0.05) is 17.7 Å². The number of hydrogen-bond donors (Lipinski definition) is 0. The largest absolute Gasteiger partial charge is 0.496 e. The van der Waals surface area contributed by atoms with Gasteiger partial charge in [0.15, 0.2) is 16.3 Å². The first kappa shape index (κ1) is 32.0. The van der Waals surface area contributed by atoms with Gasteiger partial charge in [-0.3, -0.25) is 19.5 Å². The van der Waals surface area contributed by atoms with Crippen LogP contribution in [-0.2, 0) is 9.53 Å². The molecule has 0 spiro atoms. The number of carbonyl (C=O) groups excluding carboxylic acids is 1. The first-order chi connectivity index (χ1) is 23.3. The fraction of sp³-hybridized carbons (Fsp3) is 0.171. The number of hydrogen-bond acceptors (Lipinski definition) is 11. The van der Waals surface area contributed by atoms with Crippen molar-refractivity contribution in [1.29, 1.82) is 0 Å². The van der Waals surface area contributed by atoms with Crippen LogP contribution in [-0.4, -0.2) is 43.4 Å². The maximum absolute atomic E-state index is 14.3. The first-order valence-electron chi connectivity index (χ1n) is 14.7. The summed E-state index contributed by atoms with van der Waals surface area (Å²) in [5, 5.41) is 11.2. The Bertz CT molecular complexity index is 2250. The molecular weight excluding hydrogens is 638 g/mol. The lowest BCUT2D eigenvalue weighted by atomic mass is 9.93. The lowest BCUT2D eigenvalue weighted by molar-refractivity contribution is -0.384. The molecule has 6 rings (SSSR count). The molecule has 0 radical (unpaired) electrons. The van der Waals surface area contributed by atoms with Gasteiger partial charge in [-0.25, -0.2) is 9.79 Å². The van der Waals surface area contributed by atoms with Gasteiger partial charge < -0.3 is 23.4 Å². The molecule has 0 bridgehead atoms. The number of nitro groups is 1. The molecule has 1 aliphatic rings. The molecule has 0 aliphatic carbocycles. The van der Waals surface area contributed by atoms with E-state index in [0.29, 0.717) is 54.7 Å². The second-order valence-electron chi connectivity index (χ2n) is 10.4. The summed E-state index contributed by atoms with van der Waals surface area (Å²) in [6, 6.07) is 21.1. The number of carbonyl (C=O) groups is 1. The zero-order chi connectivity index (χ0) is 33.9. The number of benzene rings is 3. The fourth-order valence-electron chi connectivity index (χ4n) is 5.48. The van der Waals surface area contributed by atoms with Crippen molar-refractivity contribution in [2.24, 2.45) is 4.99 Å². The fourth-order valence-corrected chi connectivity index (χ4v) is 6.46. The van der Waals surface area contributed by atoms with Crippen molar-refractivity contribution in [3.63, 3.8) is 0 Å². The number of nitro benzene ring substituents is 1. The van der Waals surface area contributed by atoms with Gasteiger partial charge in [0.05, 0.1) is 66.3 Å². The number of esters is 1. The van der Waals surface area contributed by atoms with Crippen LogP contribution in [0.5, 0.6) is 17.2 Å². The van der Waals surface area contributed by atoms with E-state index in [1.54, 1.807) is 49.4 Å². The molecule has 5 aromatic rings. The van der Waals surface area contributed by atoms with E-state index in [1.165, 1.54) is 38.0 Å². The highest BCUT2D eigenvalue weighted by Gasteiger charge is 2.35. The maximum atomic E-state index is 14.3. The number of ether oxygens (including phenoxy) is 4. The molecule has 244 valence electrons. The predicted molar refractivity (Wildman–Crippen MR) is 178 cm³/mol. The summed E-state index contributed by atoms with van der Waals surface area (Å²) in [5.74, 6) is 1.30. The monoisotopic (exact) mass is 667 g/mol. The average molecular weight is 668 g/mol. The summed E-state index contributed by atoms with van der Waals surface area (Å²) in [7, 11) is 4.44. The Morgan fingerprint density at radius 1 is 0.979 bits per heavy atom. The Labute approximate surface area is 277 Å². The molecule has 0 amide bonds. The van der Waals surface area contributed by atoms with Crippen molar-refractivity contribution in [3.8, 4) is 28.6 Å². The van der Waals surface area contributed by atoms with Crippen molar-refractivity contribution >= 4 is 34.8 Å². The summed E-state index contributed by atoms with van der Waals surface area (Å²) in [6.07, 6.45) is 1.59. The topological polar surface area (TPSA) is 145 Å². The van der Waals surface area contributed by atoms with Gasteiger partial charge in [-0.15, -0.1) is 0 Å². The summed E-state index contributed by atoms with van der Waals surface area (Å²) in [5.41, 5.74) is 1.81. The zero-order valence-electron chi connectivity index (χ0n) is 26.3. The van der Waals surface area contributed by atoms with E-state index in [2.05, 4.69) is 0 Å². The number of thiazole rings is 1. The quantitative estimate of drug-likeness (QED) is 0.112. The highest BCUT2D eigenvalue weighted by molar-refractivity contribution is 7.07. The van der Waals surface area contributed by atoms with Gasteiger partial charge in [0.25, 0.3) is 11.2 Å².